The summed E-state index contributed by atoms with van der Waals surface area (Å²) in [4.78, 5) is 4.99. The molecule has 4 rings (SSSR count). The van der Waals surface area contributed by atoms with Crippen molar-refractivity contribution in [2.45, 2.75) is 42.2 Å². The second-order valence-corrected chi connectivity index (χ2v) is 10.3. The van der Waals surface area contributed by atoms with Crippen LogP contribution >= 0.6 is 11.8 Å². The molecule has 0 amide bonds. The van der Waals surface area contributed by atoms with E-state index in [9.17, 15) is 8.42 Å². The zero-order valence-electron chi connectivity index (χ0n) is 17.6. The summed E-state index contributed by atoms with van der Waals surface area (Å²) in [6.45, 7) is 3.46. The van der Waals surface area contributed by atoms with Crippen LogP contribution < -0.4 is 0 Å². The molecule has 164 valence electrons. The summed E-state index contributed by atoms with van der Waals surface area (Å²) in [5.41, 5.74) is 1.59. The summed E-state index contributed by atoms with van der Waals surface area (Å²) in [6.07, 6.45) is 4.26. The Kier molecular flexibility index (Phi) is 6.17. The van der Waals surface area contributed by atoms with Crippen molar-refractivity contribution in [1.29, 1.82) is 0 Å². The fraction of sp³-hybridized carbons (Fsp3) is 0.350. The fourth-order valence-corrected chi connectivity index (χ4v) is 5.06. The maximum absolute atomic E-state index is 12.5. The predicted molar refractivity (Wildman–Crippen MR) is 118 cm³/mol. The van der Waals surface area contributed by atoms with Crippen molar-refractivity contribution >= 4 is 32.8 Å². The van der Waals surface area contributed by atoms with Crippen LogP contribution in [0.2, 0.25) is 0 Å². The molecule has 4 aromatic rings. The molecule has 0 radical (unpaired) electrons. The number of imidazole rings is 1. The average molecular weight is 461 g/mol. The molecule has 0 aliphatic rings. The van der Waals surface area contributed by atoms with Crippen LogP contribution in [0.5, 0.6) is 0 Å². The molecule has 0 bridgehead atoms. The molecule has 0 unspecified atom stereocenters. The molecule has 9 nitrogen and oxygen atoms in total. The molecular formula is C20H24N6O3S2. The number of furan rings is 1. The number of benzene rings is 1. The van der Waals surface area contributed by atoms with Gasteiger partial charge in [-0.05, 0) is 36.8 Å². The smallest absolute Gasteiger partial charge is 0.242 e. The summed E-state index contributed by atoms with van der Waals surface area (Å²) in [5, 5.41) is 9.01. The molecule has 11 heteroatoms. The molecule has 0 atom stereocenters. The highest BCUT2D eigenvalue weighted by molar-refractivity contribution is 7.98. The number of nitrogens with zero attached hydrogens (tertiary/aromatic N) is 6. The summed E-state index contributed by atoms with van der Waals surface area (Å²) < 4.78 is 35.7. The lowest BCUT2D eigenvalue weighted by Crippen LogP contribution is -2.22. The first-order valence-corrected chi connectivity index (χ1v) is 12.3. The molecule has 31 heavy (non-hydrogen) atoms. The lowest BCUT2D eigenvalue weighted by Gasteiger charge is -2.11. The standard InChI is InChI=1S/C20H24N6O3S2/c1-4-9-26-18-8-7-16(31(27,28)24(2)3)11-17(18)22-19(26)13-30-20-23-21-14-25(20)12-15-6-5-10-29-15/h5-8,10-11,14H,4,9,12-13H2,1-3H3. The summed E-state index contributed by atoms with van der Waals surface area (Å²) in [5.74, 6) is 2.28. The van der Waals surface area contributed by atoms with Crippen LogP contribution in [0.4, 0.5) is 0 Å². The summed E-state index contributed by atoms with van der Waals surface area (Å²) in [7, 11) is -0.466. The predicted octanol–water partition coefficient (Wildman–Crippen LogP) is 3.22. The van der Waals surface area contributed by atoms with Gasteiger partial charge in [0.15, 0.2) is 5.16 Å². The van der Waals surface area contributed by atoms with Gasteiger partial charge in [0.2, 0.25) is 10.0 Å². The van der Waals surface area contributed by atoms with Crippen molar-refractivity contribution in [2.24, 2.45) is 0 Å². The van der Waals surface area contributed by atoms with Crippen molar-refractivity contribution in [3.63, 3.8) is 0 Å². The van der Waals surface area contributed by atoms with Gasteiger partial charge in [-0.2, -0.15) is 0 Å². The van der Waals surface area contributed by atoms with Crippen molar-refractivity contribution in [2.75, 3.05) is 14.1 Å². The number of sulfonamides is 1. The Bertz CT molecular complexity index is 1280. The number of fused-ring (bicyclic) bond motifs is 1. The fourth-order valence-electron chi connectivity index (χ4n) is 3.28. The van der Waals surface area contributed by atoms with Crippen molar-refractivity contribution in [3.8, 4) is 0 Å². The molecule has 1 aromatic carbocycles. The van der Waals surface area contributed by atoms with Crippen LogP contribution in [-0.4, -0.2) is 51.1 Å². The minimum Gasteiger partial charge on any atom is -0.467 e. The highest BCUT2D eigenvalue weighted by Gasteiger charge is 2.20. The van der Waals surface area contributed by atoms with E-state index in [0.29, 0.717) is 17.8 Å². The third-order valence-corrected chi connectivity index (χ3v) is 7.63. The normalized spacial score (nSPS) is 12.3. The maximum Gasteiger partial charge on any atom is 0.242 e. The van der Waals surface area contributed by atoms with Gasteiger partial charge >= 0.3 is 0 Å². The first-order chi connectivity index (χ1) is 14.9. The van der Waals surface area contributed by atoms with E-state index in [1.165, 1.54) is 30.2 Å². The van der Waals surface area contributed by atoms with Crippen molar-refractivity contribution in [1.82, 2.24) is 28.6 Å². The van der Waals surface area contributed by atoms with Gasteiger partial charge < -0.3 is 13.6 Å². The Balaban J connectivity index is 1.62. The second kappa shape index (κ2) is 8.85. The summed E-state index contributed by atoms with van der Waals surface area (Å²) in [6, 6.07) is 8.88. The number of aryl methyl sites for hydroxylation is 1. The number of thioether (sulfide) groups is 1. The van der Waals surface area contributed by atoms with E-state index in [0.717, 1.165) is 35.2 Å². The minimum absolute atomic E-state index is 0.239. The highest BCUT2D eigenvalue weighted by Crippen LogP contribution is 2.27. The lowest BCUT2D eigenvalue weighted by atomic mass is 10.3. The molecule has 0 aliphatic heterocycles. The van der Waals surface area contributed by atoms with Gasteiger partial charge in [-0.3, -0.25) is 0 Å². The zero-order chi connectivity index (χ0) is 22.0. The Morgan fingerprint density at radius 2 is 2.06 bits per heavy atom. The van der Waals surface area contributed by atoms with Crippen LogP contribution in [0, 0.1) is 0 Å². The van der Waals surface area contributed by atoms with E-state index in [1.54, 1.807) is 24.7 Å². The molecule has 0 saturated carbocycles. The number of rotatable bonds is 9. The number of hydrogen-bond donors (Lipinski definition) is 0. The minimum atomic E-state index is -3.51. The van der Waals surface area contributed by atoms with Crippen LogP contribution in [0.1, 0.15) is 24.9 Å². The number of hydrogen-bond acceptors (Lipinski definition) is 7. The van der Waals surface area contributed by atoms with E-state index in [4.69, 9.17) is 9.40 Å². The first kappa shape index (κ1) is 21.6. The van der Waals surface area contributed by atoms with Crippen molar-refractivity contribution < 1.29 is 12.8 Å². The summed E-state index contributed by atoms with van der Waals surface area (Å²) >= 11 is 1.54. The molecule has 0 aliphatic carbocycles. The Morgan fingerprint density at radius 3 is 2.77 bits per heavy atom. The lowest BCUT2D eigenvalue weighted by molar-refractivity contribution is 0.484. The van der Waals surface area contributed by atoms with Gasteiger partial charge in [0.25, 0.3) is 0 Å². The van der Waals surface area contributed by atoms with Gasteiger partial charge in [0.05, 0.1) is 34.5 Å². The van der Waals surface area contributed by atoms with E-state index in [2.05, 4.69) is 21.7 Å². The van der Waals surface area contributed by atoms with Gasteiger partial charge in [-0.1, -0.05) is 18.7 Å². The van der Waals surface area contributed by atoms with E-state index in [1.807, 2.05) is 22.8 Å². The SMILES string of the molecule is CCCn1c(CSc2nncn2Cc2ccco2)nc2cc(S(=O)(=O)N(C)C)ccc21. The molecular weight excluding hydrogens is 436 g/mol. The second-order valence-electron chi connectivity index (χ2n) is 7.23. The maximum atomic E-state index is 12.5. The van der Waals surface area contributed by atoms with Crippen molar-refractivity contribution in [3.05, 3.63) is 54.5 Å². The van der Waals surface area contributed by atoms with Gasteiger partial charge in [-0.25, -0.2) is 17.7 Å². The van der Waals surface area contributed by atoms with Crippen LogP contribution in [0.25, 0.3) is 11.0 Å². The molecule has 0 saturated heterocycles. The van der Waals surface area contributed by atoms with E-state index in [-0.39, 0.29) is 4.90 Å². The van der Waals surface area contributed by atoms with Gasteiger partial charge in [0, 0.05) is 20.6 Å². The number of aromatic nitrogens is 5. The topological polar surface area (TPSA) is 99.0 Å². The Labute approximate surface area is 185 Å². The molecule has 3 heterocycles. The molecule has 0 N–H and O–H groups in total. The van der Waals surface area contributed by atoms with E-state index >= 15 is 0 Å². The first-order valence-electron chi connectivity index (χ1n) is 9.85. The molecule has 3 aromatic heterocycles. The molecule has 0 fully saturated rings. The van der Waals surface area contributed by atoms with E-state index < -0.39 is 10.0 Å². The van der Waals surface area contributed by atoms with Crippen LogP contribution in [0.3, 0.4) is 0 Å². The monoisotopic (exact) mass is 460 g/mol. The Morgan fingerprint density at radius 1 is 1.23 bits per heavy atom. The third-order valence-electron chi connectivity index (χ3n) is 4.84. The largest absolute Gasteiger partial charge is 0.467 e. The molecule has 0 spiro atoms. The van der Waals surface area contributed by atoms with Gasteiger partial charge in [-0.15, -0.1) is 10.2 Å². The quantitative estimate of drug-likeness (QED) is 0.354. The highest BCUT2D eigenvalue weighted by atomic mass is 32.2. The average Bonchev–Trinajstić information content (AvgIpc) is 3.48. The van der Waals surface area contributed by atoms with Gasteiger partial charge in [0.1, 0.15) is 17.9 Å². The Hall–Kier alpha value is -2.63. The third kappa shape index (κ3) is 4.39. The van der Waals surface area contributed by atoms with Crippen LogP contribution in [-0.2, 0) is 28.9 Å². The van der Waals surface area contributed by atoms with Crippen LogP contribution in [0.15, 0.2) is 57.4 Å². The zero-order valence-corrected chi connectivity index (χ0v) is 19.2.